The Balaban J connectivity index is 1.37. The highest BCUT2D eigenvalue weighted by molar-refractivity contribution is 7.13. The maximum Gasteiger partial charge on any atom is 0.188 e. The third kappa shape index (κ3) is 4.08. The second kappa shape index (κ2) is 8.29. The molecule has 1 aliphatic heterocycles. The van der Waals surface area contributed by atoms with Gasteiger partial charge in [-0.2, -0.15) is 5.26 Å². The summed E-state index contributed by atoms with van der Waals surface area (Å²) in [4.78, 5) is 16.9. The average Bonchev–Trinajstić information content (AvgIpc) is 3.25. The van der Waals surface area contributed by atoms with Gasteiger partial charge in [-0.1, -0.05) is 0 Å². The summed E-state index contributed by atoms with van der Waals surface area (Å²) in [5.74, 6) is 0.727. The van der Waals surface area contributed by atoms with E-state index in [2.05, 4.69) is 36.1 Å². The van der Waals surface area contributed by atoms with Gasteiger partial charge in [0, 0.05) is 62.3 Å². The fourth-order valence-electron chi connectivity index (χ4n) is 3.09. The van der Waals surface area contributed by atoms with Crippen LogP contribution in [0.25, 0.3) is 0 Å². The van der Waals surface area contributed by atoms with E-state index < -0.39 is 0 Å². The van der Waals surface area contributed by atoms with Gasteiger partial charge in [-0.25, -0.2) is 19.3 Å². The lowest BCUT2D eigenvalue weighted by molar-refractivity contribution is 0.246. The van der Waals surface area contributed by atoms with Crippen LogP contribution in [0, 0.1) is 17.1 Å². The molecule has 1 fully saturated rings. The minimum atomic E-state index is -0.339. The quantitative estimate of drug-likeness (QED) is 0.711. The molecule has 0 bridgehead atoms. The van der Waals surface area contributed by atoms with Gasteiger partial charge < -0.3 is 10.2 Å². The Hall–Kier alpha value is -3.09. The smallest absolute Gasteiger partial charge is 0.188 e. The predicted octanol–water partition coefficient (Wildman–Crippen LogP) is 3.01. The fourth-order valence-corrected chi connectivity index (χ4v) is 3.62. The average molecular weight is 395 g/mol. The van der Waals surface area contributed by atoms with Gasteiger partial charge in [-0.3, -0.25) is 4.90 Å². The normalized spacial score (nSPS) is 14.6. The van der Waals surface area contributed by atoms with Gasteiger partial charge in [0.2, 0.25) is 0 Å². The topological polar surface area (TPSA) is 81.0 Å². The van der Waals surface area contributed by atoms with E-state index in [1.807, 2.05) is 11.4 Å². The number of hydrogen-bond donors (Lipinski definition) is 1. The lowest BCUT2D eigenvalue weighted by Gasteiger charge is -2.35. The SMILES string of the molecule is N#Cc1ccc(N2CCN(Cc3ccnc(Nc4nccs4)c3F)CC2)nc1. The number of aromatic nitrogens is 3. The molecule has 3 aromatic rings. The van der Waals surface area contributed by atoms with Crippen molar-refractivity contribution in [1.82, 2.24) is 19.9 Å². The third-order valence-electron chi connectivity index (χ3n) is 4.59. The lowest BCUT2D eigenvalue weighted by Crippen LogP contribution is -2.46. The van der Waals surface area contributed by atoms with Crippen molar-refractivity contribution in [3.05, 3.63) is 59.1 Å². The van der Waals surface area contributed by atoms with Gasteiger partial charge in [0.15, 0.2) is 16.8 Å². The van der Waals surface area contributed by atoms with Crippen LogP contribution < -0.4 is 10.2 Å². The highest BCUT2D eigenvalue weighted by Crippen LogP contribution is 2.23. The molecule has 3 aromatic heterocycles. The molecule has 0 spiro atoms. The van der Waals surface area contributed by atoms with Crippen LogP contribution in [-0.2, 0) is 6.54 Å². The van der Waals surface area contributed by atoms with Crippen molar-refractivity contribution >= 4 is 28.1 Å². The largest absolute Gasteiger partial charge is 0.354 e. The van der Waals surface area contributed by atoms with Crippen molar-refractivity contribution in [2.75, 3.05) is 36.4 Å². The second-order valence-corrected chi connectivity index (χ2v) is 7.27. The summed E-state index contributed by atoms with van der Waals surface area (Å²) in [5, 5.41) is 14.2. The fraction of sp³-hybridized carbons (Fsp3) is 0.263. The Morgan fingerprint density at radius 2 is 1.96 bits per heavy atom. The number of rotatable bonds is 5. The van der Waals surface area contributed by atoms with Crippen LogP contribution in [0.15, 0.2) is 42.2 Å². The summed E-state index contributed by atoms with van der Waals surface area (Å²) in [6, 6.07) is 7.44. The van der Waals surface area contributed by atoms with Crippen LogP contribution in [0.5, 0.6) is 0 Å². The molecule has 0 aromatic carbocycles. The molecule has 7 nitrogen and oxygen atoms in total. The minimum Gasteiger partial charge on any atom is -0.354 e. The first kappa shape index (κ1) is 18.3. The summed E-state index contributed by atoms with van der Waals surface area (Å²) in [5.41, 5.74) is 1.16. The summed E-state index contributed by atoms with van der Waals surface area (Å²) in [7, 11) is 0. The van der Waals surface area contributed by atoms with Crippen molar-refractivity contribution in [3.8, 4) is 6.07 Å². The molecule has 0 aliphatic carbocycles. The molecule has 142 valence electrons. The molecule has 0 radical (unpaired) electrons. The van der Waals surface area contributed by atoms with Crippen molar-refractivity contribution < 1.29 is 4.39 Å². The van der Waals surface area contributed by atoms with E-state index in [9.17, 15) is 4.39 Å². The molecule has 4 heterocycles. The van der Waals surface area contributed by atoms with E-state index in [0.717, 1.165) is 32.0 Å². The maximum atomic E-state index is 14.8. The van der Waals surface area contributed by atoms with Crippen LogP contribution >= 0.6 is 11.3 Å². The monoisotopic (exact) mass is 395 g/mol. The number of nitrogens with zero attached hydrogens (tertiary/aromatic N) is 6. The van der Waals surface area contributed by atoms with Crippen molar-refractivity contribution in [1.29, 1.82) is 5.26 Å². The molecule has 0 amide bonds. The van der Waals surface area contributed by atoms with E-state index >= 15 is 0 Å². The number of halogens is 1. The van der Waals surface area contributed by atoms with E-state index in [4.69, 9.17) is 5.26 Å². The van der Waals surface area contributed by atoms with Crippen molar-refractivity contribution in [2.24, 2.45) is 0 Å². The number of thiazole rings is 1. The summed E-state index contributed by atoms with van der Waals surface area (Å²) < 4.78 is 14.8. The van der Waals surface area contributed by atoms with Crippen molar-refractivity contribution in [3.63, 3.8) is 0 Å². The predicted molar refractivity (Wildman–Crippen MR) is 106 cm³/mol. The van der Waals surface area contributed by atoms with Gasteiger partial charge in [-0.05, 0) is 18.2 Å². The minimum absolute atomic E-state index is 0.202. The van der Waals surface area contributed by atoms with Gasteiger partial charge in [0.25, 0.3) is 0 Å². The molecule has 9 heteroatoms. The first-order valence-electron chi connectivity index (χ1n) is 8.86. The Morgan fingerprint density at radius 1 is 1.11 bits per heavy atom. The number of nitrogens with one attached hydrogen (secondary N) is 1. The van der Waals surface area contributed by atoms with E-state index in [0.29, 0.717) is 22.8 Å². The molecule has 0 saturated carbocycles. The van der Waals surface area contributed by atoms with Gasteiger partial charge in [0.05, 0.1) is 5.56 Å². The molecule has 1 N–H and O–H groups in total. The molecule has 28 heavy (non-hydrogen) atoms. The van der Waals surface area contributed by atoms with Gasteiger partial charge in [0.1, 0.15) is 11.9 Å². The molecule has 0 atom stereocenters. The van der Waals surface area contributed by atoms with E-state index in [1.165, 1.54) is 11.3 Å². The number of anilines is 3. The highest BCUT2D eigenvalue weighted by atomic mass is 32.1. The van der Waals surface area contributed by atoms with Gasteiger partial charge >= 0.3 is 0 Å². The van der Waals surface area contributed by atoms with Gasteiger partial charge in [-0.15, -0.1) is 11.3 Å². The first-order valence-corrected chi connectivity index (χ1v) is 9.74. The Morgan fingerprint density at radius 3 is 2.64 bits per heavy atom. The number of hydrogen-bond acceptors (Lipinski definition) is 8. The standard InChI is InChI=1S/C19H18FN7S/c20-17-15(3-4-22-18(17)25-19-23-5-10-28-19)13-26-6-8-27(9-7-26)16-2-1-14(11-21)12-24-16/h1-5,10,12H,6-9,13H2,(H,22,23,25). The van der Waals surface area contributed by atoms with E-state index in [-0.39, 0.29) is 11.6 Å². The number of nitriles is 1. The molecule has 0 unspecified atom stereocenters. The molecular formula is C19H18FN7S. The Bertz CT molecular complexity index is 961. The first-order chi connectivity index (χ1) is 13.7. The highest BCUT2D eigenvalue weighted by Gasteiger charge is 2.20. The summed E-state index contributed by atoms with van der Waals surface area (Å²) in [6.07, 6.45) is 4.87. The third-order valence-corrected chi connectivity index (χ3v) is 5.28. The molecular weight excluding hydrogens is 377 g/mol. The van der Waals surface area contributed by atoms with Crippen LogP contribution in [0.4, 0.5) is 21.2 Å². The molecule has 4 rings (SSSR count). The zero-order valence-corrected chi connectivity index (χ0v) is 15.9. The summed E-state index contributed by atoms with van der Waals surface area (Å²) in [6.45, 7) is 3.73. The van der Waals surface area contributed by atoms with Crippen LogP contribution in [0.3, 0.4) is 0 Å². The zero-order valence-electron chi connectivity index (χ0n) is 15.0. The van der Waals surface area contributed by atoms with E-state index in [1.54, 1.807) is 30.7 Å². The zero-order chi connectivity index (χ0) is 19.3. The maximum absolute atomic E-state index is 14.8. The Labute approximate surface area is 166 Å². The van der Waals surface area contributed by atoms with Crippen LogP contribution in [-0.4, -0.2) is 46.0 Å². The second-order valence-electron chi connectivity index (χ2n) is 6.37. The Kier molecular flexibility index (Phi) is 5.41. The lowest BCUT2D eigenvalue weighted by atomic mass is 10.2. The summed E-state index contributed by atoms with van der Waals surface area (Å²) >= 11 is 1.40. The molecule has 1 saturated heterocycles. The number of pyridine rings is 2. The van der Waals surface area contributed by atoms with Crippen LogP contribution in [0.2, 0.25) is 0 Å². The number of piperazine rings is 1. The van der Waals surface area contributed by atoms with Crippen LogP contribution in [0.1, 0.15) is 11.1 Å². The van der Waals surface area contributed by atoms with Crippen molar-refractivity contribution in [2.45, 2.75) is 6.54 Å². The molecule has 1 aliphatic rings.